The Morgan fingerprint density at radius 3 is 2.61 bits per heavy atom. The lowest BCUT2D eigenvalue weighted by Gasteiger charge is -2.14. The van der Waals surface area contributed by atoms with Gasteiger partial charge in [-0.3, -0.25) is 9.59 Å². The third-order valence-corrected chi connectivity index (χ3v) is 3.98. The summed E-state index contributed by atoms with van der Waals surface area (Å²) in [6.45, 7) is 2.54. The van der Waals surface area contributed by atoms with E-state index in [1.807, 2.05) is 12.1 Å². The van der Waals surface area contributed by atoms with Crippen LogP contribution in [-0.2, 0) is 17.8 Å². The SMILES string of the molecule is CC(=O)N1CCc2cc(C(=O)NCc3ccc(F)cc3)ccc21. The fourth-order valence-electron chi connectivity index (χ4n) is 2.76. The number of nitrogens with zero attached hydrogens (tertiary/aromatic N) is 1. The molecule has 3 rings (SSSR count). The minimum Gasteiger partial charge on any atom is -0.348 e. The summed E-state index contributed by atoms with van der Waals surface area (Å²) in [6.07, 6.45) is 0.758. The van der Waals surface area contributed by atoms with Gasteiger partial charge in [-0.25, -0.2) is 4.39 Å². The summed E-state index contributed by atoms with van der Waals surface area (Å²) < 4.78 is 12.9. The number of rotatable bonds is 3. The topological polar surface area (TPSA) is 49.4 Å². The van der Waals surface area contributed by atoms with Gasteiger partial charge in [-0.1, -0.05) is 12.1 Å². The van der Waals surface area contributed by atoms with Gasteiger partial charge in [-0.2, -0.15) is 0 Å². The molecule has 5 heteroatoms. The summed E-state index contributed by atoms with van der Waals surface area (Å²) in [4.78, 5) is 25.5. The summed E-state index contributed by atoms with van der Waals surface area (Å²) in [5.74, 6) is -0.468. The molecule has 0 fully saturated rings. The maximum atomic E-state index is 12.9. The zero-order valence-electron chi connectivity index (χ0n) is 12.8. The first-order valence-electron chi connectivity index (χ1n) is 7.48. The van der Waals surface area contributed by atoms with E-state index in [0.29, 0.717) is 18.7 Å². The maximum absolute atomic E-state index is 12.9. The first kappa shape index (κ1) is 15.2. The van der Waals surface area contributed by atoms with E-state index in [1.165, 1.54) is 12.1 Å². The van der Waals surface area contributed by atoms with Crippen LogP contribution >= 0.6 is 0 Å². The molecule has 2 aromatic rings. The smallest absolute Gasteiger partial charge is 0.251 e. The molecule has 0 atom stereocenters. The molecule has 0 spiro atoms. The van der Waals surface area contributed by atoms with Crippen LogP contribution in [0.5, 0.6) is 0 Å². The average Bonchev–Trinajstić information content (AvgIpc) is 2.97. The van der Waals surface area contributed by atoms with Crippen molar-refractivity contribution in [2.24, 2.45) is 0 Å². The molecule has 0 saturated carbocycles. The van der Waals surface area contributed by atoms with Crippen LogP contribution in [0, 0.1) is 5.82 Å². The second-order valence-electron chi connectivity index (χ2n) is 5.57. The summed E-state index contributed by atoms with van der Waals surface area (Å²) >= 11 is 0. The molecule has 1 aliphatic heterocycles. The molecule has 0 bridgehead atoms. The fraction of sp³-hybridized carbons (Fsp3) is 0.222. The summed E-state index contributed by atoms with van der Waals surface area (Å²) in [5.41, 5.74) is 3.29. The van der Waals surface area contributed by atoms with Gasteiger partial charge in [0.2, 0.25) is 5.91 Å². The molecular weight excluding hydrogens is 295 g/mol. The van der Waals surface area contributed by atoms with Crippen LogP contribution in [0.25, 0.3) is 0 Å². The Kier molecular flexibility index (Phi) is 4.10. The van der Waals surface area contributed by atoms with Crippen molar-refractivity contribution < 1.29 is 14.0 Å². The van der Waals surface area contributed by atoms with E-state index in [-0.39, 0.29) is 17.6 Å². The lowest BCUT2D eigenvalue weighted by molar-refractivity contribution is -0.116. The number of hydrogen-bond donors (Lipinski definition) is 1. The standard InChI is InChI=1S/C18H17FN2O2/c1-12(22)21-9-8-14-10-15(4-7-17(14)21)18(23)20-11-13-2-5-16(19)6-3-13/h2-7,10H,8-9,11H2,1H3,(H,20,23). The molecule has 0 unspecified atom stereocenters. The minimum atomic E-state index is -0.297. The van der Waals surface area contributed by atoms with Gasteiger partial charge in [0.15, 0.2) is 0 Å². The highest BCUT2D eigenvalue weighted by Crippen LogP contribution is 2.28. The fourth-order valence-corrected chi connectivity index (χ4v) is 2.76. The Balaban J connectivity index is 1.69. The number of benzene rings is 2. The van der Waals surface area contributed by atoms with Crippen molar-refractivity contribution in [2.45, 2.75) is 19.9 Å². The molecule has 1 aliphatic rings. The van der Waals surface area contributed by atoms with Crippen LogP contribution in [0.3, 0.4) is 0 Å². The van der Waals surface area contributed by atoms with Crippen LogP contribution in [-0.4, -0.2) is 18.4 Å². The normalized spacial score (nSPS) is 12.9. The molecular formula is C18H17FN2O2. The van der Waals surface area contributed by atoms with Crippen molar-refractivity contribution in [3.63, 3.8) is 0 Å². The Labute approximate surface area is 133 Å². The lowest BCUT2D eigenvalue weighted by atomic mass is 10.1. The first-order chi connectivity index (χ1) is 11.0. The van der Waals surface area contributed by atoms with Crippen LogP contribution in [0.4, 0.5) is 10.1 Å². The van der Waals surface area contributed by atoms with Gasteiger partial charge in [-0.05, 0) is 47.9 Å². The predicted molar refractivity (Wildman–Crippen MR) is 85.7 cm³/mol. The molecule has 118 valence electrons. The zero-order valence-corrected chi connectivity index (χ0v) is 12.8. The van der Waals surface area contributed by atoms with Crippen molar-refractivity contribution >= 4 is 17.5 Å². The van der Waals surface area contributed by atoms with Gasteiger partial charge in [0, 0.05) is 31.3 Å². The number of amides is 2. The molecule has 0 aromatic heterocycles. The molecule has 1 heterocycles. The zero-order chi connectivity index (χ0) is 16.4. The largest absolute Gasteiger partial charge is 0.348 e. The number of fused-ring (bicyclic) bond motifs is 1. The van der Waals surface area contributed by atoms with Crippen molar-refractivity contribution in [3.05, 3.63) is 65.0 Å². The van der Waals surface area contributed by atoms with Crippen molar-refractivity contribution in [3.8, 4) is 0 Å². The number of anilines is 1. The third-order valence-electron chi connectivity index (χ3n) is 3.98. The van der Waals surface area contributed by atoms with E-state index in [9.17, 15) is 14.0 Å². The van der Waals surface area contributed by atoms with Gasteiger partial charge in [0.05, 0.1) is 0 Å². The van der Waals surface area contributed by atoms with Gasteiger partial charge < -0.3 is 10.2 Å². The average molecular weight is 312 g/mol. The molecule has 1 N–H and O–H groups in total. The minimum absolute atomic E-state index is 0.0114. The quantitative estimate of drug-likeness (QED) is 0.947. The second kappa shape index (κ2) is 6.20. The second-order valence-corrected chi connectivity index (χ2v) is 5.57. The van der Waals surface area contributed by atoms with Crippen LogP contribution in [0.15, 0.2) is 42.5 Å². The molecule has 2 aromatic carbocycles. The Morgan fingerprint density at radius 1 is 1.17 bits per heavy atom. The summed E-state index contributed by atoms with van der Waals surface area (Å²) in [5, 5.41) is 2.82. The molecule has 4 nitrogen and oxygen atoms in total. The van der Waals surface area contributed by atoms with Gasteiger partial charge in [0.25, 0.3) is 5.91 Å². The Morgan fingerprint density at radius 2 is 1.91 bits per heavy atom. The molecule has 0 aliphatic carbocycles. The van der Waals surface area contributed by atoms with Gasteiger partial charge in [0.1, 0.15) is 5.82 Å². The van der Waals surface area contributed by atoms with Crippen molar-refractivity contribution in [1.82, 2.24) is 5.32 Å². The number of hydrogen-bond acceptors (Lipinski definition) is 2. The van der Waals surface area contributed by atoms with Crippen LogP contribution < -0.4 is 10.2 Å². The molecule has 23 heavy (non-hydrogen) atoms. The predicted octanol–water partition coefficient (Wildman–Crippen LogP) is 2.66. The number of carbonyl (C=O) groups is 2. The van der Waals surface area contributed by atoms with E-state index >= 15 is 0 Å². The lowest BCUT2D eigenvalue weighted by Crippen LogP contribution is -2.26. The van der Waals surface area contributed by atoms with Gasteiger partial charge >= 0.3 is 0 Å². The van der Waals surface area contributed by atoms with Crippen molar-refractivity contribution in [2.75, 3.05) is 11.4 Å². The van der Waals surface area contributed by atoms with E-state index in [4.69, 9.17) is 0 Å². The maximum Gasteiger partial charge on any atom is 0.251 e. The van der Waals surface area contributed by atoms with Crippen molar-refractivity contribution in [1.29, 1.82) is 0 Å². The molecule has 0 saturated heterocycles. The van der Waals surface area contributed by atoms with Gasteiger partial charge in [-0.15, -0.1) is 0 Å². The monoisotopic (exact) mass is 312 g/mol. The van der Waals surface area contributed by atoms with Crippen LogP contribution in [0.1, 0.15) is 28.4 Å². The van der Waals surface area contributed by atoms with E-state index < -0.39 is 0 Å². The highest BCUT2D eigenvalue weighted by atomic mass is 19.1. The Hall–Kier alpha value is -2.69. The first-order valence-corrected chi connectivity index (χ1v) is 7.48. The van der Waals surface area contributed by atoms with Crippen LogP contribution in [0.2, 0.25) is 0 Å². The van der Waals surface area contributed by atoms with E-state index in [1.54, 1.807) is 30.0 Å². The highest BCUT2D eigenvalue weighted by Gasteiger charge is 2.23. The molecule has 0 radical (unpaired) electrons. The number of halogens is 1. The highest BCUT2D eigenvalue weighted by molar-refractivity contribution is 5.97. The molecule has 2 amide bonds. The number of nitrogens with one attached hydrogen (secondary N) is 1. The van der Waals surface area contributed by atoms with E-state index in [0.717, 1.165) is 23.2 Å². The summed E-state index contributed by atoms with van der Waals surface area (Å²) in [7, 11) is 0. The third kappa shape index (κ3) is 3.23. The van der Waals surface area contributed by atoms with E-state index in [2.05, 4.69) is 5.32 Å². The Bertz CT molecular complexity index is 756. The summed E-state index contributed by atoms with van der Waals surface area (Å²) in [6, 6.07) is 11.4. The number of carbonyl (C=O) groups excluding carboxylic acids is 2.